The molecule has 0 N–H and O–H groups in total. The predicted molar refractivity (Wildman–Crippen MR) is 75.8 cm³/mol. The van der Waals surface area contributed by atoms with Gasteiger partial charge in [-0.25, -0.2) is 0 Å². The second kappa shape index (κ2) is 3.82. The van der Waals surface area contributed by atoms with Gasteiger partial charge in [-0.05, 0) is 6.07 Å². The van der Waals surface area contributed by atoms with E-state index in [-0.39, 0.29) is 17.7 Å². The van der Waals surface area contributed by atoms with Gasteiger partial charge in [-0.15, -0.1) is 0 Å². The van der Waals surface area contributed by atoms with Crippen LogP contribution in [-0.2, 0) is 7.05 Å². The van der Waals surface area contributed by atoms with Crippen LogP contribution in [0, 0.1) is 0 Å². The standard InChI is InChI=1S/C16H14N2O2/c1-17-12-7-3-2-6-11(12)14-13(19)9-10-5-4-8-18(10)16(20)15(14)17/h2-7,10H,8-9H2,1H3. The Balaban J connectivity index is 2.05. The van der Waals surface area contributed by atoms with Crippen LogP contribution in [0.15, 0.2) is 36.4 Å². The van der Waals surface area contributed by atoms with Gasteiger partial charge in [0.2, 0.25) is 0 Å². The van der Waals surface area contributed by atoms with Gasteiger partial charge in [0.05, 0.1) is 11.6 Å². The maximum atomic E-state index is 12.8. The molecule has 0 fully saturated rings. The summed E-state index contributed by atoms with van der Waals surface area (Å²) in [6.07, 6.45) is 4.30. The van der Waals surface area contributed by atoms with Crippen molar-refractivity contribution in [2.45, 2.75) is 12.5 Å². The number of carbonyl (C=O) groups is 2. The molecule has 1 aromatic heterocycles. The molecule has 4 rings (SSSR count). The zero-order chi connectivity index (χ0) is 13.9. The Kier molecular flexibility index (Phi) is 2.19. The van der Waals surface area contributed by atoms with Crippen LogP contribution in [0.1, 0.15) is 27.3 Å². The topological polar surface area (TPSA) is 42.3 Å². The van der Waals surface area contributed by atoms with Crippen molar-refractivity contribution in [1.29, 1.82) is 0 Å². The summed E-state index contributed by atoms with van der Waals surface area (Å²) in [5.41, 5.74) is 2.06. The van der Waals surface area contributed by atoms with Gasteiger partial charge in [-0.2, -0.15) is 0 Å². The van der Waals surface area contributed by atoms with Gasteiger partial charge >= 0.3 is 0 Å². The second-order valence-corrected chi connectivity index (χ2v) is 5.38. The van der Waals surface area contributed by atoms with Crippen molar-refractivity contribution in [3.8, 4) is 0 Å². The fraction of sp³-hybridized carbons (Fsp3) is 0.250. The fourth-order valence-corrected chi connectivity index (χ4v) is 3.34. The monoisotopic (exact) mass is 266 g/mol. The van der Waals surface area contributed by atoms with E-state index >= 15 is 0 Å². The number of para-hydroxylation sites is 1. The molecule has 0 saturated carbocycles. The Morgan fingerprint density at radius 3 is 2.85 bits per heavy atom. The molecule has 2 aliphatic heterocycles. The third-order valence-corrected chi connectivity index (χ3v) is 4.30. The molecule has 3 heterocycles. The number of ketones is 1. The number of hydrogen-bond donors (Lipinski definition) is 0. The first-order chi connectivity index (χ1) is 9.68. The first-order valence-electron chi connectivity index (χ1n) is 6.76. The molecular formula is C16H14N2O2. The molecule has 2 aliphatic rings. The van der Waals surface area contributed by atoms with Crippen LogP contribution in [-0.4, -0.2) is 33.7 Å². The zero-order valence-electron chi connectivity index (χ0n) is 11.2. The van der Waals surface area contributed by atoms with Crippen LogP contribution in [0.4, 0.5) is 0 Å². The lowest BCUT2D eigenvalue weighted by Crippen LogP contribution is -2.35. The molecule has 1 atom stereocenters. The maximum Gasteiger partial charge on any atom is 0.272 e. The number of carbonyl (C=O) groups excluding carboxylic acids is 2. The molecule has 0 radical (unpaired) electrons. The minimum atomic E-state index is -0.0823. The molecule has 20 heavy (non-hydrogen) atoms. The quantitative estimate of drug-likeness (QED) is 0.686. The van der Waals surface area contributed by atoms with Crippen molar-refractivity contribution in [1.82, 2.24) is 9.47 Å². The Bertz CT molecular complexity index is 785. The van der Waals surface area contributed by atoms with Crippen LogP contribution < -0.4 is 0 Å². The van der Waals surface area contributed by atoms with Crippen molar-refractivity contribution < 1.29 is 9.59 Å². The number of rotatable bonds is 0. The zero-order valence-corrected chi connectivity index (χ0v) is 11.2. The first-order valence-corrected chi connectivity index (χ1v) is 6.76. The summed E-state index contributed by atoms with van der Waals surface area (Å²) in [6, 6.07) is 7.63. The minimum absolute atomic E-state index is 0.0421. The number of fused-ring (bicyclic) bond motifs is 4. The maximum absolute atomic E-state index is 12.8. The van der Waals surface area contributed by atoms with Crippen LogP contribution in [0.25, 0.3) is 10.9 Å². The number of amides is 1. The minimum Gasteiger partial charge on any atom is -0.339 e. The molecule has 1 amide bonds. The summed E-state index contributed by atoms with van der Waals surface area (Å²) in [4.78, 5) is 27.1. The third kappa shape index (κ3) is 1.31. The molecular weight excluding hydrogens is 252 g/mol. The highest BCUT2D eigenvalue weighted by Crippen LogP contribution is 2.32. The van der Waals surface area contributed by atoms with Gasteiger partial charge in [0.1, 0.15) is 5.69 Å². The summed E-state index contributed by atoms with van der Waals surface area (Å²) in [5, 5.41) is 0.883. The molecule has 0 saturated heterocycles. The Hall–Kier alpha value is -2.36. The normalized spacial score (nSPS) is 21.2. The summed E-state index contributed by atoms with van der Waals surface area (Å²) >= 11 is 0. The second-order valence-electron chi connectivity index (χ2n) is 5.38. The van der Waals surface area contributed by atoms with Gasteiger partial charge in [-0.1, -0.05) is 30.4 Å². The van der Waals surface area contributed by atoms with Gasteiger partial charge in [0.15, 0.2) is 5.78 Å². The number of Topliss-reactive ketones (excluding diaryl/α,β-unsaturated/α-hetero) is 1. The van der Waals surface area contributed by atoms with Gasteiger partial charge in [-0.3, -0.25) is 9.59 Å². The summed E-state index contributed by atoms with van der Waals surface area (Å²) < 4.78 is 1.85. The van der Waals surface area contributed by atoms with Crippen LogP contribution >= 0.6 is 0 Å². The summed E-state index contributed by atoms with van der Waals surface area (Å²) in [7, 11) is 1.86. The van der Waals surface area contributed by atoms with Crippen LogP contribution in [0.2, 0.25) is 0 Å². The molecule has 0 aliphatic carbocycles. The van der Waals surface area contributed by atoms with Crippen molar-refractivity contribution >= 4 is 22.6 Å². The number of benzene rings is 1. The molecule has 0 spiro atoms. The van der Waals surface area contributed by atoms with E-state index in [0.717, 1.165) is 10.9 Å². The van der Waals surface area contributed by atoms with Crippen LogP contribution in [0.3, 0.4) is 0 Å². The molecule has 100 valence electrons. The number of aromatic nitrogens is 1. The molecule has 4 heteroatoms. The Morgan fingerprint density at radius 2 is 2.00 bits per heavy atom. The lowest BCUT2D eigenvalue weighted by Gasteiger charge is -2.21. The lowest BCUT2D eigenvalue weighted by atomic mass is 10.0. The molecule has 2 aromatic rings. The largest absolute Gasteiger partial charge is 0.339 e. The fourth-order valence-electron chi connectivity index (χ4n) is 3.34. The smallest absolute Gasteiger partial charge is 0.272 e. The molecule has 0 bridgehead atoms. The summed E-state index contributed by atoms with van der Waals surface area (Å²) in [5.74, 6) is 0.0174. The Morgan fingerprint density at radius 1 is 1.20 bits per heavy atom. The van der Waals surface area contributed by atoms with E-state index in [1.807, 2.05) is 48.0 Å². The highest BCUT2D eigenvalue weighted by molar-refractivity contribution is 6.18. The first kappa shape index (κ1) is 11.5. The highest BCUT2D eigenvalue weighted by atomic mass is 16.2. The van der Waals surface area contributed by atoms with E-state index in [9.17, 15) is 9.59 Å². The van der Waals surface area contributed by atoms with E-state index in [4.69, 9.17) is 0 Å². The average molecular weight is 266 g/mol. The number of hydrogen-bond acceptors (Lipinski definition) is 2. The van der Waals surface area contributed by atoms with Crippen molar-refractivity contribution in [3.63, 3.8) is 0 Å². The molecule has 1 aromatic carbocycles. The van der Waals surface area contributed by atoms with Gasteiger partial charge in [0.25, 0.3) is 5.91 Å². The molecule has 4 nitrogen and oxygen atoms in total. The van der Waals surface area contributed by atoms with E-state index in [1.165, 1.54) is 0 Å². The lowest BCUT2D eigenvalue weighted by molar-refractivity contribution is 0.0741. The number of nitrogens with zero attached hydrogens (tertiary/aromatic N) is 2. The SMILES string of the molecule is Cn1c2c(c3ccccc31)C(=O)CC1C=CCN1C2=O. The van der Waals surface area contributed by atoms with Gasteiger partial charge < -0.3 is 9.47 Å². The van der Waals surface area contributed by atoms with Crippen molar-refractivity contribution in [3.05, 3.63) is 47.7 Å². The Labute approximate surface area is 116 Å². The molecule has 1 unspecified atom stereocenters. The average Bonchev–Trinajstić information content (AvgIpc) is 2.99. The van der Waals surface area contributed by atoms with Crippen LogP contribution in [0.5, 0.6) is 0 Å². The van der Waals surface area contributed by atoms with E-state index < -0.39 is 0 Å². The van der Waals surface area contributed by atoms with E-state index in [1.54, 1.807) is 4.90 Å². The van der Waals surface area contributed by atoms with Gasteiger partial charge in [0, 0.05) is 30.9 Å². The van der Waals surface area contributed by atoms with E-state index in [0.29, 0.717) is 24.2 Å². The highest BCUT2D eigenvalue weighted by Gasteiger charge is 2.37. The summed E-state index contributed by atoms with van der Waals surface area (Å²) in [6.45, 7) is 0.595. The van der Waals surface area contributed by atoms with Crippen molar-refractivity contribution in [2.24, 2.45) is 7.05 Å². The van der Waals surface area contributed by atoms with E-state index in [2.05, 4.69) is 0 Å². The third-order valence-electron chi connectivity index (χ3n) is 4.30. The number of aryl methyl sites for hydroxylation is 1. The van der Waals surface area contributed by atoms with Crippen molar-refractivity contribution in [2.75, 3.05) is 6.54 Å². The predicted octanol–water partition coefficient (Wildman–Crippen LogP) is 2.15.